The summed E-state index contributed by atoms with van der Waals surface area (Å²) < 4.78 is 10.4. The normalized spacial score (nSPS) is 15.6. The van der Waals surface area contributed by atoms with Crippen LogP contribution < -0.4 is 0 Å². The molecule has 2 unspecified atom stereocenters. The van der Waals surface area contributed by atoms with Crippen molar-refractivity contribution in [2.45, 2.75) is 19.0 Å². The van der Waals surface area contributed by atoms with Gasteiger partial charge in [-0.25, -0.2) is 0 Å². The van der Waals surface area contributed by atoms with Crippen LogP contribution in [0.15, 0.2) is 0 Å². The largest absolute Gasteiger partial charge is 0.328 e. The maximum atomic E-state index is 10.4. The molecule has 0 heterocycles. The summed E-state index contributed by atoms with van der Waals surface area (Å²) in [5.74, 6) is 0. The van der Waals surface area contributed by atoms with E-state index in [2.05, 4.69) is 9.24 Å². The third-order valence-corrected chi connectivity index (χ3v) is 2.90. The Labute approximate surface area is 57.2 Å². The van der Waals surface area contributed by atoms with E-state index in [1.807, 2.05) is 0 Å². The fourth-order valence-corrected chi connectivity index (χ4v) is 1.68. The molecule has 0 rings (SSSR count). The zero-order chi connectivity index (χ0) is 7.49. The molecule has 0 aromatic carbocycles. The van der Waals surface area contributed by atoms with Crippen LogP contribution in [0.3, 0.4) is 0 Å². The van der Waals surface area contributed by atoms with Gasteiger partial charge in [0.2, 0.25) is 0 Å². The van der Waals surface area contributed by atoms with E-state index in [1.54, 1.807) is 6.92 Å². The Morgan fingerprint density at radius 3 is 2.22 bits per heavy atom. The van der Waals surface area contributed by atoms with Crippen molar-refractivity contribution < 1.29 is 14.4 Å². The first-order valence-corrected chi connectivity index (χ1v) is 5.23. The Hall–Kier alpha value is 0.580. The molecular weight excluding hydrogens is 158 g/mol. The molecule has 0 aliphatic rings. The molecule has 0 saturated carbocycles. The second kappa shape index (κ2) is 3.68. The number of hydrogen-bond donors (Lipinski definition) is 2. The van der Waals surface area contributed by atoms with Crippen molar-refractivity contribution in [3.63, 3.8) is 0 Å². The van der Waals surface area contributed by atoms with Crippen LogP contribution in [0.25, 0.3) is 0 Å². The molecule has 0 saturated heterocycles. The molecule has 0 aliphatic carbocycles. The number of hydrogen-bond acceptors (Lipinski definition) is 1. The Morgan fingerprint density at radius 2 is 2.11 bits per heavy atom. The van der Waals surface area contributed by atoms with E-state index in [9.17, 15) is 4.57 Å². The molecule has 0 radical (unpaired) electrons. The molecular formula is C4H12O3P2. The van der Waals surface area contributed by atoms with Gasteiger partial charge in [-0.1, -0.05) is 6.92 Å². The van der Waals surface area contributed by atoms with Gasteiger partial charge in [0.25, 0.3) is 0 Å². The summed E-state index contributed by atoms with van der Waals surface area (Å²) in [5, 5.41) is 0. The molecule has 0 spiro atoms. The third-order valence-electron chi connectivity index (χ3n) is 1.16. The molecule has 5 heteroatoms. The van der Waals surface area contributed by atoms with Crippen LogP contribution in [0.5, 0.6) is 0 Å². The van der Waals surface area contributed by atoms with Crippen LogP contribution in [0.1, 0.15) is 13.3 Å². The highest BCUT2D eigenvalue weighted by Gasteiger charge is 2.21. The molecule has 0 amide bonds. The summed E-state index contributed by atoms with van der Waals surface area (Å²) in [7, 11) is -1.35. The standard InChI is InChI=1S/C4H12O3P2/c1-4(2-3-8)9(5,6)7/h4H,2-3,8H2,1H3,(H2,5,6,7). The zero-order valence-corrected chi connectivity index (χ0v) is 7.37. The molecule has 0 aliphatic heterocycles. The van der Waals surface area contributed by atoms with E-state index in [4.69, 9.17) is 9.79 Å². The Kier molecular flexibility index (Phi) is 3.91. The average Bonchev–Trinajstić information content (AvgIpc) is 1.64. The SMILES string of the molecule is CC(CCP)P(=O)(O)O. The second-order valence-electron chi connectivity index (χ2n) is 2.02. The first-order valence-electron chi connectivity index (χ1n) is 2.73. The average molecular weight is 170 g/mol. The summed E-state index contributed by atoms with van der Waals surface area (Å²) in [4.78, 5) is 17.0. The van der Waals surface area contributed by atoms with Crippen molar-refractivity contribution in [1.82, 2.24) is 0 Å². The highest BCUT2D eigenvalue weighted by Crippen LogP contribution is 2.42. The lowest BCUT2D eigenvalue weighted by molar-refractivity contribution is 0.359. The van der Waals surface area contributed by atoms with Crippen LogP contribution in [0.2, 0.25) is 0 Å². The van der Waals surface area contributed by atoms with Gasteiger partial charge >= 0.3 is 7.60 Å². The molecule has 3 nitrogen and oxygen atoms in total. The molecule has 0 fully saturated rings. The molecule has 0 aromatic rings. The van der Waals surface area contributed by atoms with Gasteiger partial charge in [-0.05, 0) is 12.6 Å². The lowest BCUT2D eigenvalue weighted by Crippen LogP contribution is -2.02. The van der Waals surface area contributed by atoms with Crippen LogP contribution in [-0.2, 0) is 4.57 Å². The van der Waals surface area contributed by atoms with E-state index in [1.165, 1.54) is 0 Å². The first kappa shape index (κ1) is 9.58. The molecule has 0 aromatic heterocycles. The van der Waals surface area contributed by atoms with E-state index in [0.717, 1.165) is 6.16 Å². The van der Waals surface area contributed by atoms with Gasteiger partial charge in [-0.2, -0.15) is 0 Å². The first-order chi connectivity index (χ1) is 3.98. The quantitative estimate of drug-likeness (QED) is 0.616. The Bertz CT molecular complexity index is 119. The highest BCUT2D eigenvalue weighted by molar-refractivity contribution is 7.52. The van der Waals surface area contributed by atoms with Crippen molar-refractivity contribution >= 4 is 16.8 Å². The maximum Gasteiger partial charge on any atom is 0.328 e. The topological polar surface area (TPSA) is 57.5 Å². The van der Waals surface area contributed by atoms with Crippen molar-refractivity contribution in [2.75, 3.05) is 6.16 Å². The van der Waals surface area contributed by atoms with Gasteiger partial charge in [-0.3, -0.25) is 4.57 Å². The molecule has 0 bridgehead atoms. The fraction of sp³-hybridized carbons (Fsp3) is 1.00. The zero-order valence-electron chi connectivity index (χ0n) is 5.32. The maximum absolute atomic E-state index is 10.4. The fourth-order valence-electron chi connectivity index (χ4n) is 0.409. The minimum absolute atomic E-state index is 0.491. The molecule has 56 valence electrons. The highest BCUT2D eigenvalue weighted by atomic mass is 31.2. The summed E-state index contributed by atoms with van der Waals surface area (Å²) >= 11 is 0. The van der Waals surface area contributed by atoms with Crippen molar-refractivity contribution in [3.05, 3.63) is 0 Å². The predicted molar refractivity (Wildman–Crippen MR) is 40.7 cm³/mol. The molecule has 2 N–H and O–H groups in total. The van der Waals surface area contributed by atoms with Gasteiger partial charge < -0.3 is 9.79 Å². The summed E-state index contributed by atoms with van der Waals surface area (Å²) in [6.45, 7) is 1.56. The molecule has 9 heavy (non-hydrogen) atoms. The number of rotatable bonds is 3. The van der Waals surface area contributed by atoms with Crippen molar-refractivity contribution in [2.24, 2.45) is 0 Å². The van der Waals surface area contributed by atoms with Gasteiger partial charge in [-0.15, -0.1) is 9.24 Å². The van der Waals surface area contributed by atoms with Gasteiger partial charge in [0.05, 0.1) is 5.66 Å². The third kappa shape index (κ3) is 4.05. The summed E-state index contributed by atoms with van der Waals surface area (Å²) in [6.07, 6.45) is 1.31. The smallest absolute Gasteiger partial charge is 0.324 e. The monoisotopic (exact) mass is 170 g/mol. The minimum atomic E-state index is -3.79. The van der Waals surface area contributed by atoms with E-state index >= 15 is 0 Å². The van der Waals surface area contributed by atoms with Crippen molar-refractivity contribution in [1.29, 1.82) is 0 Å². The second-order valence-corrected chi connectivity index (χ2v) is 4.65. The van der Waals surface area contributed by atoms with Crippen molar-refractivity contribution in [3.8, 4) is 0 Å². The van der Waals surface area contributed by atoms with Gasteiger partial charge in [0.1, 0.15) is 0 Å². The van der Waals surface area contributed by atoms with Gasteiger partial charge in [0.15, 0.2) is 0 Å². The Balaban J connectivity index is 3.74. The van der Waals surface area contributed by atoms with E-state index in [-0.39, 0.29) is 0 Å². The lowest BCUT2D eigenvalue weighted by atomic mass is 10.4. The summed E-state index contributed by atoms with van der Waals surface area (Å²) in [6, 6.07) is 0. The van der Waals surface area contributed by atoms with E-state index < -0.39 is 13.3 Å². The van der Waals surface area contributed by atoms with Crippen LogP contribution in [0.4, 0.5) is 0 Å². The minimum Gasteiger partial charge on any atom is -0.324 e. The lowest BCUT2D eigenvalue weighted by Gasteiger charge is -2.10. The van der Waals surface area contributed by atoms with Gasteiger partial charge in [0, 0.05) is 0 Å². The predicted octanol–water partition coefficient (Wildman–Crippen LogP) is 0.818. The van der Waals surface area contributed by atoms with Crippen LogP contribution in [0, 0.1) is 0 Å². The van der Waals surface area contributed by atoms with E-state index in [0.29, 0.717) is 6.42 Å². The molecule has 2 atom stereocenters. The summed E-state index contributed by atoms with van der Waals surface area (Å²) in [5.41, 5.74) is -0.491. The van der Waals surface area contributed by atoms with Crippen LogP contribution >= 0.6 is 16.8 Å². The van der Waals surface area contributed by atoms with Crippen LogP contribution in [-0.4, -0.2) is 21.6 Å². The Morgan fingerprint density at radius 1 is 1.67 bits per heavy atom.